The lowest BCUT2D eigenvalue weighted by molar-refractivity contribution is -0.115. The fourth-order valence-corrected chi connectivity index (χ4v) is 1.59. The molecule has 0 saturated carbocycles. The minimum atomic E-state index is -0.461. The van der Waals surface area contributed by atoms with Crippen LogP contribution in [-0.2, 0) is 4.79 Å². The number of hydrogen-bond donors (Lipinski definition) is 2. The van der Waals surface area contributed by atoms with Crippen LogP contribution in [-0.4, -0.2) is 30.4 Å². The third kappa shape index (κ3) is 5.67. The van der Waals surface area contributed by atoms with E-state index in [0.29, 0.717) is 25.9 Å². The molecule has 0 aliphatic rings. The van der Waals surface area contributed by atoms with E-state index in [2.05, 4.69) is 21.2 Å². The first-order valence-electron chi connectivity index (χ1n) is 5.82. The molecule has 0 atom stereocenters. The first kappa shape index (κ1) is 15.4. The van der Waals surface area contributed by atoms with Gasteiger partial charge in [0.15, 0.2) is 0 Å². The molecule has 0 heterocycles. The molecule has 1 aromatic rings. The molecule has 1 aromatic carbocycles. The Balaban J connectivity index is 2.48. The zero-order valence-corrected chi connectivity index (χ0v) is 12.0. The molecule has 0 aliphatic heterocycles. The molecule has 0 saturated heterocycles. The summed E-state index contributed by atoms with van der Waals surface area (Å²) in [6.07, 6.45) is 4.34. The van der Waals surface area contributed by atoms with Gasteiger partial charge in [0.25, 0.3) is 0 Å². The molecule has 0 aliphatic carbocycles. The second kappa shape index (κ2) is 8.44. The standard InChI is InChI=1S/C13H16BrN3O2/c14-12-4-2-11(3-5-12)6-8-16-13(19)17(10-18)9-1-7-15/h2-6,8,10H,1,7,9,15H2,(H,16,19)/b8-6+. The van der Waals surface area contributed by atoms with Crippen molar-refractivity contribution in [2.45, 2.75) is 6.42 Å². The lowest BCUT2D eigenvalue weighted by atomic mass is 10.2. The van der Waals surface area contributed by atoms with E-state index in [-0.39, 0.29) is 0 Å². The fourth-order valence-electron chi connectivity index (χ4n) is 1.33. The van der Waals surface area contributed by atoms with Crippen molar-refractivity contribution in [1.82, 2.24) is 10.2 Å². The first-order valence-corrected chi connectivity index (χ1v) is 6.61. The van der Waals surface area contributed by atoms with Crippen LogP contribution in [0, 0.1) is 0 Å². The Hall–Kier alpha value is -1.66. The van der Waals surface area contributed by atoms with Crippen LogP contribution in [0.5, 0.6) is 0 Å². The maximum absolute atomic E-state index is 11.6. The van der Waals surface area contributed by atoms with E-state index in [1.807, 2.05) is 24.3 Å². The summed E-state index contributed by atoms with van der Waals surface area (Å²) in [6.45, 7) is 0.754. The van der Waals surface area contributed by atoms with E-state index in [1.165, 1.54) is 6.20 Å². The van der Waals surface area contributed by atoms with Gasteiger partial charge in [-0.25, -0.2) is 4.79 Å². The van der Waals surface area contributed by atoms with Crippen molar-refractivity contribution >= 4 is 34.4 Å². The zero-order chi connectivity index (χ0) is 14.1. The van der Waals surface area contributed by atoms with Gasteiger partial charge in [-0.3, -0.25) is 9.69 Å². The molecule has 19 heavy (non-hydrogen) atoms. The highest BCUT2D eigenvalue weighted by molar-refractivity contribution is 9.10. The number of benzene rings is 1. The predicted octanol–water partition coefficient (Wildman–Crippen LogP) is 1.94. The molecule has 5 nitrogen and oxygen atoms in total. The topological polar surface area (TPSA) is 75.4 Å². The molecule has 3 amide bonds. The second-order valence-corrected chi connectivity index (χ2v) is 4.69. The quantitative estimate of drug-likeness (QED) is 0.785. The van der Waals surface area contributed by atoms with Gasteiger partial charge >= 0.3 is 6.03 Å². The SMILES string of the molecule is NCCCN(C=O)C(=O)N/C=C/c1ccc(Br)cc1. The molecule has 0 fully saturated rings. The van der Waals surface area contributed by atoms with Gasteiger partial charge in [0.1, 0.15) is 0 Å². The van der Waals surface area contributed by atoms with Crippen molar-refractivity contribution < 1.29 is 9.59 Å². The van der Waals surface area contributed by atoms with Crippen LogP contribution in [0.2, 0.25) is 0 Å². The third-order valence-electron chi connectivity index (χ3n) is 2.34. The van der Waals surface area contributed by atoms with Gasteiger partial charge in [-0.15, -0.1) is 0 Å². The number of halogens is 1. The molecular formula is C13H16BrN3O2. The molecule has 0 bridgehead atoms. The van der Waals surface area contributed by atoms with Crippen LogP contribution < -0.4 is 11.1 Å². The highest BCUT2D eigenvalue weighted by Gasteiger charge is 2.09. The predicted molar refractivity (Wildman–Crippen MR) is 78.1 cm³/mol. The molecule has 1 rings (SSSR count). The van der Waals surface area contributed by atoms with Crippen LogP contribution in [0.4, 0.5) is 4.79 Å². The molecule has 0 spiro atoms. The van der Waals surface area contributed by atoms with E-state index in [1.54, 1.807) is 6.08 Å². The number of nitrogens with one attached hydrogen (secondary N) is 1. The minimum Gasteiger partial charge on any atom is -0.330 e. The number of urea groups is 1. The lowest BCUT2D eigenvalue weighted by Gasteiger charge is -2.13. The lowest BCUT2D eigenvalue weighted by Crippen LogP contribution is -2.37. The van der Waals surface area contributed by atoms with Crippen molar-refractivity contribution in [1.29, 1.82) is 0 Å². The average molecular weight is 326 g/mol. The zero-order valence-electron chi connectivity index (χ0n) is 10.4. The smallest absolute Gasteiger partial charge is 0.327 e. The number of hydrogen-bond acceptors (Lipinski definition) is 3. The molecule has 6 heteroatoms. The summed E-state index contributed by atoms with van der Waals surface area (Å²) < 4.78 is 0.989. The largest absolute Gasteiger partial charge is 0.330 e. The summed E-state index contributed by atoms with van der Waals surface area (Å²) in [4.78, 5) is 23.4. The summed E-state index contributed by atoms with van der Waals surface area (Å²) in [7, 11) is 0. The normalized spacial score (nSPS) is 10.4. The molecule has 0 radical (unpaired) electrons. The van der Waals surface area contributed by atoms with Crippen LogP contribution in [0.25, 0.3) is 6.08 Å². The Kier molecular flexibility index (Phi) is 6.84. The number of carbonyl (C=O) groups excluding carboxylic acids is 2. The number of imide groups is 1. The van der Waals surface area contributed by atoms with E-state index in [4.69, 9.17) is 5.73 Å². The van der Waals surface area contributed by atoms with E-state index < -0.39 is 6.03 Å². The second-order valence-electron chi connectivity index (χ2n) is 3.78. The summed E-state index contributed by atoms with van der Waals surface area (Å²) >= 11 is 3.34. The first-order chi connectivity index (χ1) is 9.17. The summed E-state index contributed by atoms with van der Waals surface area (Å²) in [5.74, 6) is 0. The minimum absolute atomic E-state index is 0.317. The van der Waals surface area contributed by atoms with Gasteiger partial charge in [-0.05, 0) is 36.7 Å². The molecule has 102 valence electrons. The fraction of sp³-hybridized carbons (Fsp3) is 0.231. The van der Waals surface area contributed by atoms with Crippen LogP contribution >= 0.6 is 15.9 Å². The number of amides is 3. The van der Waals surface area contributed by atoms with Crippen molar-refractivity contribution in [3.8, 4) is 0 Å². The van der Waals surface area contributed by atoms with Gasteiger partial charge in [-0.1, -0.05) is 28.1 Å². The molecular weight excluding hydrogens is 310 g/mol. The summed E-state index contributed by atoms with van der Waals surface area (Å²) in [6, 6.07) is 7.15. The van der Waals surface area contributed by atoms with Gasteiger partial charge in [-0.2, -0.15) is 0 Å². The van der Waals surface area contributed by atoms with Crippen molar-refractivity contribution in [2.75, 3.05) is 13.1 Å². The Morgan fingerprint density at radius 2 is 2.05 bits per heavy atom. The van der Waals surface area contributed by atoms with Gasteiger partial charge < -0.3 is 11.1 Å². The van der Waals surface area contributed by atoms with Crippen LogP contribution in [0.3, 0.4) is 0 Å². The monoisotopic (exact) mass is 325 g/mol. The number of nitrogens with two attached hydrogens (primary N) is 1. The van der Waals surface area contributed by atoms with Crippen LogP contribution in [0.15, 0.2) is 34.9 Å². The van der Waals surface area contributed by atoms with Gasteiger partial charge in [0.2, 0.25) is 6.41 Å². The summed E-state index contributed by atoms with van der Waals surface area (Å²) in [5, 5.41) is 2.53. The highest BCUT2D eigenvalue weighted by atomic mass is 79.9. The average Bonchev–Trinajstić information content (AvgIpc) is 2.42. The Morgan fingerprint density at radius 1 is 1.37 bits per heavy atom. The van der Waals surface area contributed by atoms with Crippen molar-refractivity contribution in [3.05, 3.63) is 40.5 Å². The Morgan fingerprint density at radius 3 is 2.63 bits per heavy atom. The van der Waals surface area contributed by atoms with Crippen LogP contribution in [0.1, 0.15) is 12.0 Å². The molecule has 0 aromatic heterocycles. The number of rotatable bonds is 6. The maximum Gasteiger partial charge on any atom is 0.327 e. The Labute approximate surface area is 120 Å². The van der Waals surface area contributed by atoms with Crippen molar-refractivity contribution in [3.63, 3.8) is 0 Å². The van der Waals surface area contributed by atoms with E-state index in [9.17, 15) is 9.59 Å². The molecule has 3 N–H and O–H groups in total. The van der Waals surface area contributed by atoms with Gasteiger partial charge in [0, 0.05) is 17.2 Å². The Bertz CT molecular complexity index is 446. The summed E-state index contributed by atoms with van der Waals surface area (Å²) in [5.41, 5.74) is 6.28. The van der Waals surface area contributed by atoms with E-state index >= 15 is 0 Å². The molecule has 0 unspecified atom stereocenters. The third-order valence-corrected chi connectivity index (χ3v) is 2.87. The maximum atomic E-state index is 11.6. The number of nitrogens with zero attached hydrogens (tertiary/aromatic N) is 1. The van der Waals surface area contributed by atoms with Gasteiger partial charge in [0.05, 0.1) is 0 Å². The van der Waals surface area contributed by atoms with Crippen molar-refractivity contribution in [2.24, 2.45) is 5.73 Å². The number of carbonyl (C=O) groups is 2. The van der Waals surface area contributed by atoms with E-state index in [0.717, 1.165) is 14.9 Å². The highest BCUT2D eigenvalue weighted by Crippen LogP contribution is 2.11.